The monoisotopic (exact) mass is 267 g/mol. The molecule has 100 valence electrons. The Hall–Kier alpha value is -0.870. The Labute approximate surface area is 110 Å². The second-order valence-electron chi connectivity index (χ2n) is 5.33. The molecular weight excluding hydrogens is 246 g/mol. The van der Waals surface area contributed by atoms with Crippen LogP contribution in [0.15, 0.2) is 23.1 Å². The summed E-state index contributed by atoms with van der Waals surface area (Å²) in [4.78, 5) is 0.556. The van der Waals surface area contributed by atoms with Gasteiger partial charge in [-0.2, -0.15) is 0 Å². The van der Waals surface area contributed by atoms with E-state index in [1.165, 1.54) is 0 Å². The summed E-state index contributed by atoms with van der Waals surface area (Å²) in [5.74, 6) is 0.265. The van der Waals surface area contributed by atoms with Crippen LogP contribution in [0.5, 0.6) is 0 Å². The van der Waals surface area contributed by atoms with Gasteiger partial charge in [-0.25, -0.2) is 8.42 Å². The summed E-state index contributed by atoms with van der Waals surface area (Å²) in [7, 11) is -3.12. The molecule has 3 nitrogen and oxygen atoms in total. The molecule has 0 fully saturated rings. The van der Waals surface area contributed by atoms with Gasteiger partial charge in [-0.3, -0.25) is 0 Å². The van der Waals surface area contributed by atoms with Crippen LogP contribution in [0.4, 0.5) is 0 Å². The van der Waals surface area contributed by atoms with Crippen molar-refractivity contribution in [3.05, 3.63) is 29.3 Å². The molecule has 0 amide bonds. The van der Waals surface area contributed by atoms with Gasteiger partial charge in [0.1, 0.15) is 0 Å². The average Bonchev–Trinajstić information content (AvgIpc) is 2.37. The van der Waals surface area contributed by atoms with Crippen LogP contribution in [0, 0.1) is 6.92 Å². The summed E-state index contributed by atoms with van der Waals surface area (Å²) in [6.45, 7) is 6.07. The van der Waals surface area contributed by atoms with Crippen LogP contribution in [-0.4, -0.2) is 20.2 Å². The topological polar surface area (TPSA) is 46.2 Å². The van der Waals surface area contributed by atoms with Gasteiger partial charge in [0.05, 0.1) is 10.6 Å². The fraction of sp³-hybridized carbons (Fsp3) is 0.571. The van der Waals surface area contributed by atoms with Gasteiger partial charge in [-0.15, -0.1) is 0 Å². The molecule has 1 unspecified atom stereocenters. The molecule has 1 aromatic rings. The van der Waals surface area contributed by atoms with Gasteiger partial charge >= 0.3 is 0 Å². The van der Waals surface area contributed by atoms with Crippen molar-refractivity contribution in [2.45, 2.75) is 50.6 Å². The van der Waals surface area contributed by atoms with Crippen LogP contribution < -0.4 is 5.32 Å². The summed E-state index contributed by atoms with van der Waals surface area (Å²) >= 11 is 0. The smallest absolute Gasteiger partial charge is 0.178 e. The zero-order chi connectivity index (χ0) is 13.3. The molecule has 0 spiro atoms. The van der Waals surface area contributed by atoms with Crippen molar-refractivity contribution in [2.24, 2.45) is 0 Å². The first-order valence-corrected chi connectivity index (χ1v) is 8.15. The van der Waals surface area contributed by atoms with E-state index in [2.05, 4.69) is 19.2 Å². The summed E-state index contributed by atoms with van der Waals surface area (Å²) in [5, 5.41) is 3.48. The van der Waals surface area contributed by atoms with Crippen molar-refractivity contribution in [1.29, 1.82) is 0 Å². The highest BCUT2D eigenvalue weighted by Crippen LogP contribution is 2.33. The fourth-order valence-corrected chi connectivity index (χ4v) is 4.56. The minimum atomic E-state index is -3.12. The third-order valence-electron chi connectivity index (χ3n) is 3.37. The largest absolute Gasteiger partial charge is 0.308 e. The van der Waals surface area contributed by atoms with E-state index in [-0.39, 0.29) is 11.8 Å². The van der Waals surface area contributed by atoms with Gasteiger partial charge in [0.25, 0.3) is 0 Å². The summed E-state index contributed by atoms with van der Waals surface area (Å²) in [6.07, 6.45) is 1.61. The van der Waals surface area contributed by atoms with Gasteiger partial charge in [-0.05, 0) is 30.9 Å². The molecule has 1 aliphatic heterocycles. The minimum Gasteiger partial charge on any atom is -0.308 e. The van der Waals surface area contributed by atoms with E-state index in [0.29, 0.717) is 10.9 Å². The Morgan fingerprint density at radius 1 is 1.33 bits per heavy atom. The van der Waals surface area contributed by atoms with E-state index in [1.54, 1.807) is 0 Å². The molecule has 1 atom stereocenters. The maximum atomic E-state index is 12.3. The highest BCUT2D eigenvalue weighted by molar-refractivity contribution is 7.91. The van der Waals surface area contributed by atoms with Crippen molar-refractivity contribution in [3.8, 4) is 0 Å². The van der Waals surface area contributed by atoms with E-state index in [0.717, 1.165) is 24.0 Å². The van der Waals surface area contributed by atoms with Crippen LogP contribution in [0.25, 0.3) is 0 Å². The zero-order valence-electron chi connectivity index (χ0n) is 11.2. The van der Waals surface area contributed by atoms with Crippen molar-refractivity contribution in [3.63, 3.8) is 0 Å². The van der Waals surface area contributed by atoms with E-state index >= 15 is 0 Å². The summed E-state index contributed by atoms with van der Waals surface area (Å²) in [5.41, 5.74) is 1.81. The first-order valence-electron chi connectivity index (χ1n) is 6.50. The molecule has 1 heterocycles. The van der Waals surface area contributed by atoms with Crippen molar-refractivity contribution >= 4 is 9.84 Å². The predicted octanol–water partition coefficient (Wildman–Crippen LogP) is 2.60. The number of hydrogen-bond donors (Lipinski definition) is 1. The molecular formula is C14H21NO2S. The maximum absolute atomic E-state index is 12.3. The van der Waals surface area contributed by atoms with E-state index in [4.69, 9.17) is 0 Å². The van der Waals surface area contributed by atoms with Crippen LogP contribution in [-0.2, 0) is 9.84 Å². The van der Waals surface area contributed by atoms with Crippen molar-refractivity contribution < 1.29 is 8.42 Å². The van der Waals surface area contributed by atoms with Gasteiger partial charge in [0.2, 0.25) is 0 Å². The summed E-state index contributed by atoms with van der Waals surface area (Å²) < 4.78 is 24.6. The molecule has 1 N–H and O–H groups in total. The number of benzene rings is 1. The molecule has 0 aromatic heterocycles. The van der Waals surface area contributed by atoms with E-state index in [1.807, 2.05) is 25.1 Å². The molecule has 18 heavy (non-hydrogen) atoms. The number of aryl methyl sites for hydroxylation is 1. The number of hydrogen-bond acceptors (Lipinski definition) is 3. The Kier molecular flexibility index (Phi) is 3.78. The fourth-order valence-electron chi connectivity index (χ4n) is 2.68. The molecule has 0 bridgehead atoms. The van der Waals surface area contributed by atoms with Crippen molar-refractivity contribution in [1.82, 2.24) is 5.32 Å². The lowest BCUT2D eigenvalue weighted by molar-refractivity contribution is 0.447. The number of nitrogens with one attached hydrogen (secondary N) is 1. The zero-order valence-corrected chi connectivity index (χ0v) is 12.0. The second kappa shape index (κ2) is 5.02. The van der Waals surface area contributed by atoms with Crippen LogP contribution in [0.3, 0.4) is 0 Å². The Bertz CT molecular complexity index is 535. The van der Waals surface area contributed by atoms with Gasteiger partial charge in [0, 0.05) is 12.1 Å². The Morgan fingerprint density at radius 3 is 2.72 bits per heavy atom. The molecule has 1 aromatic carbocycles. The van der Waals surface area contributed by atoms with Gasteiger partial charge in [0.15, 0.2) is 9.84 Å². The van der Waals surface area contributed by atoms with Gasteiger partial charge in [-0.1, -0.05) is 32.0 Å². The first-order chi connectivity index (χ1) is 8.42. The lowest BCUT2D eigenvalue weighted by Crippen LogP contribution is -2.28. The lowest BCUT2D eigenvalue weighted by Gasteiger charge is -2.22. The highest BCUT2D eigenvalue weighted by atomic mass is 32.2. The van der Waals surface area contributed by atoms with Crippen LogP contribution in [0.1, 0.15) is 43.9 Å². The van der Waals surface area contributed by atoms with E-state index < -0.39 is 9.84 Å². The molecule has 1 aliphatic rings. The van der Waals surface area contributed by atoms with Crippen LogP contribution in [0.2, 0.25) is 0 Å². The van der Waals surface area contributed by atoms with Gasteiger partial charge < -0.3 is 5.32 Å². The van der Waals surface area contributed by atoms with E-state index in [9.17, 15) is 8.42 Å². The number of fused-ring (bicyclic) bond motifs is 1. The molecule has 0 radical (unpaired) electrons. The standard InChI is InChI=1S/C14H21NO2S/c1-10(2)15-13-8-5-9-18(16,17)14-11(3)6-4-7-12(13)14/h4,6-7,10,13,15H,5,8-9H2,1-3H3. The van der Waals surface area contributed by atoms with Crippen LogP contribution >= 0.6 is 0 Å². The molecule has 0 saturated carbocycles. The third-order valence-corrected chi connectivity index (χ3v) is 5.37. The number of rotatable bonds is 2. The Balaban J connectivity index is 2.56. The minimum absolute atomic E-state index is 0.150. The Morgan fingerprint density at radius 2 is 2.06 bits per heavy atom. The first kappa shape index (κ1) is 13.6. The van der Waals surface area contributed by atoms with Crippen molar-refractivity contribution in [2.75, 3.05) is 5.75 Å². The molecule has 0 saturated heterocycles. The third kappa shape index (κ3) is 2.59. The summed E-state index contributed by atoms with van der Waals surface area (Å²) in [6, 6.07) is 6.28. The predicted molar refractivity (Wildman–Crippen MR) is 73.5 cm³/mol. The number of sulfone groups is 1. The highest BCUT2D eigenvalue weighted by Gasteiger charge is 2.29. The SMILES string of the molecule is Cc1cccc2c1S(=O)(=O)CCCC2NC(C)C. The maximum Gasteiger partial charge on any atom is 0.178 e. The normalized spacial score (nSPS) is 22.6. The lowest BCUT2D eigenvalue weighted by atomic mass is 10.00. The molecule has 2 rings (SSSR count). The average molecular weight is 267 g/mol. The molecule has 0 aliphatic carbocycles. The molecule has 4 heteroatoms. The quantitative estimate of drug-likeness (QED) is 0.896. The second-order valence-corrected chi connectivity index (χ2v) is 7.37.